The third-order valence-electron chi connectivity index (χ3n) is 3.25. The summed E-state index contributed by atoms with van der Waals surface area (Å²) in [6.07, 6.45) is -5.01. The van der Waals surface area contributed by atoms with Crippen molar-refractivity contribution in [3.8, 4) is 5.75 Å². The lowest BCUT2D eigenvalue weighted by Crippen LogP contribution is -2.31. The predicted octanol–water partition coefficient (Wildman–Crippen LogP) is 4.19. The molecular weight excluding hydrogens is 408 g/mol. The Morgan fingerprint density at radius 2 is 1.78 bits per heavy atom. The molecule has 0 saturated heterocycles. The van der Waals surface area contributed by atoms with Gasteiger partial charge in [-0.05, 0) is 29.8 Å². The van der Waals surface area contributed by atoms with Gasteiger partial charge >= 0.3 is 12.1 Å². The summed E-state index contributed by atoms with van der Waals surface area (Å²) in [6, 6.07) is 10.3. The minimum atomic E-state index is -5.01. The summed E-state index contributed by atoms with van der Waals surface area (Å²) in [4.78, 5) is 23.0. The molecule has 0 atom stereocenters. The number of rotatable bonds is 6. The lowest BCUT2D eigenvalue weighted by molar-refractivity contribution is -0.167. The van der Waals surface area contributed by atoms with Gasteiger partial charge in [0, 0.05) is 17.3 Å². The van der Waals surface area contributed by atoms with Crippen molar-refractivity contribution in [2.24, 2.45) is 0 Å². The number of hydrogen-bond donors (Lipinski definition) is 2. The van der Waals surface area contributed by atoms with Crippen molar-refractivity contribution in [3.05, 3.63) is 58.1 Å². The molecule has 0 aromatic heterocycles. The molecule has 0 aliphatic carbocycles. The molecular formula is C17H13Cl2F3N2O3. The molecule has 0 unspecified atom stereocenters. The Labute approximate surface area is 162 Å². The Bertz CT molecular complexity index is 844. The average Bonchev–Trinajstić information content (AvgIpc) is 2.59. The van der Waals surface area contributed by atoms with Crippen molar-refractivity contribution in [1.29, 1.82) is 0 Å². The highest BCUT2D eigenvalue weighted by molar-refractivity contribution is 6.35. The second-order valence-electron chi connectivity index (χ2n) is 5.25. The van der Waals surface area contributed by atoms with Gasteiger partial charge in [-0.25, -0.2) is 0 Å². The summed E-state index contributed by atoms with van der Waals surface area (Å²) in [5.74, 6) is -2.37. The number of anilines is 1. The summed E-state index contributed by atoms with van der Waals surface area (Å²) < 4.78 is 42.4. The first-order valence-electron chi connectivity index (χ1n) is 7.47. The van der Waals surface area contributed by atoms with Gasteiger partial charge < -0.3 is 15.4 Å². The Balaban J connectivity index is 1.92. The number of halogens is 5. The molecule has 0 radical (unpaired) electrons. The molecule has 0 fully saturated rings. The third-order valence-corrected chi connectivity index (χ3v) is 3.78. The molecule has 2 aromatic carbocycles. The van der Waals surface area contributed by atoms with Crippen LogP contribution in [0.2, 0.25) is 10.0 Å². The first kappa shape index (κ1) is 20.9. The summed E-state index contributed by atoms with van der Waals surface area (Å²) in [6.45, 7) is -0.469. The largest absolute Gasteiger partial charge is 0.482 e. The van der Waals surface area contributed by atoms with E-state index in [1.165, 1.54) is 30.3 Å². The second kappa shape index (κ2) is 8.96. The van der Waals surface area contributed by atoms with E-state index in [-0.39, 0.29) is 29.6 Å². The van der Waals surface area contributed by atoms with Crippen molar-refractivity contribution in [2.45, 2.75) is 12.7 Å². The van der Waals surface area contributed by atoms with Crippen molar-refractivity contribution in [2.75, 3.05) is 11.9 Å². The van der Waals surface area contributed by atoms with Gasteiger partial charge in [-0.2, -0.15) is 13.2 Å². The number of para-hydroxylation sites is 1. The van der Waals surface area contributed by atoms with Crippen molar-refractivity contribution < 1.29 is 27.5 Å². The summed E-state index contributed by atoms with van der Waals surface area (Å²) in [5, 5.41) is 4.90. The van der Waals surface area contributed by atoms with E-state index in [9.17, 15) is 22.8 Å². The van der Waals surface area contributed by atoms with Crippen LogP contribution in [0.25, 0.3) is 0 Å². The lowest BCUT2D eigenvalue weighted by Gasteiger charge is -2.13. The number of benzene rings is 2. The molecule has 2 aromatic rings. The van der Waals surface area contributed by atoms with E-state index in [0.29, 0.717) is 10.6 Å². The fourth-order valence-corrected chi connectivity index (χ4v) is 2.43. The van der Waals surface area contributed by atoms with Crippen LogP contribution < -0.4 is 15.4 Å². The molecule has 27 heavy (non-hydrogen) atoms. The minimum absolute atomic E-state index is 0.0539. The Morgan fingerprint density at radius 1 is 1.07 bits per heavy atom. The number of ether oxygens (including phenoxy) is 1. The fraction of sp³-hybridized carbons (Fsp3) is 0.176. The van der Waals surface area contributed by atoms with Crippen LogP contribution in [-0.2, 0) is 16.1 Å². The highest BCUT2D eigenvalue weighted by Crippen LogP contribution is 2.27. The van der Waals surface area contributed by atoms with Crippen LogP contribution in [0.15, 0.2) is 42.5 Å². The molecule has 0 bridgehead atoms. The molecule has 0 aliphatic rings. The lowest BCUT2D eigenvalue weighted by atomic mass is 10.1. The number of carbonyl (C=O) groups is 2. The molecule has 0 aliphatic heterocycles. The Hall–Kier alpha value is -2.45. The smallest absolute Gasteiger partial charge is 0.471 e. The topological polar surface area (TPSA) is 67.4 Å². The van der Waals surface area contributed by atoms with Crippen LogP contribution in [0.5, 0.6) is 5.75 Å². The SMILES string of the molecule is O=C(COc1ccc(Cl)cc1Cl)NCc1ccccc1NC(=O)C(F)(F)F. The Kier molecular flexibility index (Phi) is 6.92. The highest BCUT2D eigenvalue weighted by atomic mass is 35.5. The summed E-state index contributed by atoms with van der Waals surface area (Å²) in [5.41, 5.74) is 0.245. The van der Waals surface area contributed by atoms with E-state index in [1.54, 1.807) is 17.4 Å². The molecule has 2 rings (SSSR count). The molecule has 2 amide bonds. The van der Waals surface area contributed by atoms with Gasteiger partial charge in [-0.3, -0.25) is 9.59 Å². The van der Waals surface area contributed by atoms with E-state index in [0.717, 1.165) is 0 Å². The zero-order valence-corrected chi connectivity index (χ0v) is 15.1. The van der Waals surface area contributed by atoms with Gasteiger partial charge in [0.05, 0.1) is 5.02 Å². The van der Waals surface area contributed by atoms with E-state index < -0.39 is 18.0 Å². The van der Waals surface area contributed by atoms with Gasteiger partial charge in [0.2, 0.25) is 0 Å². The van der Waals surface area contributed by atoms with E-state index in [1.807, 2.05) is 0 Å². The van der Waals surface area contributed by atoms with Crippen LogP contribution in [0.3, 0.4) is 0 Å². The number of amides is 2. The first-order chi connectivity index (χ1) is 12.7. The Morgan fingerprint density at radius 3 is 2.44 bits per heavy atom. The highest BCUT2D eigenvalue weighted by Gasteiger charge is 2.38. The summed E-state index contributed by atoms with van der Waals surface area (Å²) >= 11 is 11.7. The second-order valence-corrected chi connectivity index (χ2v) is 6.09. The van der Waals surface area contributed by atoms with E-state index in [2.05, 4.69) is 5.32 Å². The normalized spacial score (nSPS) is 11.0. The van der Waals surface area contributed by atoms with Crippen LogP contribution in [0, 0.1) is 0 Å². The maximum Gasteiger partial charge on any atom is 0.471 e. The van der Waals surface area contributed by atoms with Crippen LogP contribution in [0.1, 0.15) is 5.56 Å². The monoisotopic (exact) mass is 420 g/mol. The van der Waals surface area contributed by atoms with Crippen LogP contribution in [0.4, 0.5) is 18.9 Å². The molecule has 0 heterocycles. The predicted molar refractivity (Wildman–Crippen MR) is 94.9 cm³/mol. The van der Waals surface area contributed by atoms with Crippen molar-refractivity contribution in [1.82, 2.24) is 5.32 Å². The van der Waals surface area contributed by atoms with E-state index in [4.69, 9.17) is 27.9 Å². The number of carbonyl (C=O) groups excluding carboxylic acids is 2. The standard InChI is InChI=1S/C17H13Cl2F3N2O3/c18-11-5-6-14(12(19)7-11)27-9-15(25)23-8-10-3-1-2-4-13(10)24-16(26)17(20,21)22/h1-7H,8-9H2,(H,23,25)(H,24,26). The fourth-order valence-electron chi connectivity index (χ4n) is 1.97. The third kappa shape index (κ3) is 6.33. The van der Waals surface area contributed by atoms with Crippen molar-refractivity contribution >= 4 is 40.7 Å². The molecule has 5 nitrogen and oxygen atoms in total. The maximum atomic E-state index is 12.4. The van der Waals surface area contributed by atoms with Crippen LogP contribution >= 0.6 is 23.2 Å². The number of nitrogens with one attached hydrogen (secondary N) is 2. The van der Waals surface area contributed by atoms with Gasteiger partial charge in [0.1, 0.15) is 5.75 Å². The van der Waals surface area contributed by atoms with E-state index >= 15 is 0 Å². The van der Waals surface area contributed by atoms with Gasteiger partial charge in [-0.15, -0.1) is 0 Å². The molecule has 144 valence electrons. The molecule has 0 saturated carbocycles. The van der Waals surface area contributed by atoms with Gasteiger partial charge in [-0.1, -0.05) is 41.4 Å². The molecule has 10 heteroatoms. The van der Waals surface area contributed by atoms with Gasteiger partial charge in [0.15, 0.2) is 6.61 Å². The first-order valence-corrected chi connectivity index (χ1v) is 8.23. The van der Waals surface area contributed by atoms with Crippen molar-refractivity contribution in [3.63, 3.8) is 0 Å². The molecule has 2 N–H and O–H groups in total. The van der Waals surface area contributed by atoms with Gasteiger partial charge in [0.25, 0.3) is 5.91 Å². The zero-order valence-electron chi connectivity index (χ0n) is 13.6. The maximum absolute atomic E-state index is 12.4. The quantitative estimate of drug-likeness (QED) is 0.735. The molecule has 0 spiro atoms. The summed E-state index contributed by atoms with van der Waals surface area (Å²) in [7, 11) is 0. The minimum Gasteiger partial charge on any atom is -0.482 e. The zero-order chi connectivity index (χ0) is 20.0. The van der Waals surface area contributed by atoms with Crippen LogP contribution in [-0.4, -0.2) is 24.6 Å². The number of alkyl halides is 3. The average molecular weight is 421 g/mol. The number of hydrogen-bond acceptors (Lipinski definition) is 3.